The molecule has 0 atom stereocenters. The third-order valence-corrected chi connectivity index (χ3v) is 6.66. The minimum absolute atomic E-state index is 0.115. The lowest BCUT2D eigenvalue weighted by molar-refractivity contribution is 0.554. The predicted octanol–water partition coefficient (Wildman–Crippen LogP) is 3.37. The maximum absolute atomic E-state index is 12.2. The summed E-state index contributed by atoms with van der Waals surface area (Å²) in [4.78, 5) is 4.34. The fraction of sp³-hybridized carbons (Fsp3) is 0.400. The lowest BCUT2D eigenvalue weighted by atomic mass is 10.2. The van der Waals surface area contributed by atoms with Gasteiger partial charge in [0, 0.05) is 28.1 Å². The van der Waals surface area contributed by atoms with E-state index in [0.717, 1.165) is 15.0 Å². The van der Waals surface area contributed by atoms with E-state index in [4.69, 9.17) is 0 Å². The molecule has 0 aliphatic heterocycles. The first kappa shape index (κ1) is 16.5. The lowest BCUT2D eigenvalue weighted by Gasteiger charge is -2.19. The number of rotatable bonds is 4. The Hall–Kier alpha value is -0.890. The Balaban J connectivity index is 2.21. The second kappa shape index (κ2) is 6.08. The Labute approximate surface area is 139 Å². The number of hydrogen-bond acceptors (Lipinski definition) is 3. The third-order valence-electron chi connectivity index (χ3n) is 3.35. The maximum Gasteiger partial charge on any atom is 0.156 e. The van der Waals surface area contributed by atoms with Crippen LogP contribution in [0.15, 0.2) is 36.7 Å². The van der Waals surface area contributed by atoms with E-state index in [1.807, 2.05) is 35.0 Å². The normalized spacial score (nSPS) is 12.6. The van der Waals surface area contributed by atoms with E-state index < -0.39 is 14.6 Å². The Morgan fingerprint density at radius 3 is 2.38 bits per heavy atom. The van der Waals surface area contributed by atoms with Gasteiger partial charge in [-0.05, 0) is 55.5 Å². The van der Waals surface area contributed by atoms with Gasteiger partial charge in [0.1, 0.15) is 5.82 Å². The van der Waals surface area contributed by atoms with Crippen LogP contribution in [0.25, 0.3) is 11.4 Å². The van der Waals surface area contributed by atoms with Gasteiger partial charge in [0.25, 0.3) is 0 Å². The second-order valence-electron chi connectivity index (χ2n) is 5.88. The number of sulfone groups is 1. The molecule has 0 N–H and O–H groups in total. The van der Waals surface area contributed by atoms with Gasteiger partial charge in [0.2, 0.25) is 0 Å². The molecule has 2 aromatic rings. The van der Waals surface area contributed by atoms with Gasteiger partial charge in [-0.15, -0.1) is 0 Å². The van der Waals surface area contributed by atoms with Crippen LogP contribution in [0.1, 0.15) is 20.8 Å². The molecule has 0 aliphatic rings. The van der Waals surface area contributed by atoms with Crippen LogP contribution < -0.4 is 0 Å². The minimum atomic E-state index is -3.13. The zero-order valence-electron chi connectivity index (χ0n) is 12.4. The molecule has 21 heavy (non-hydrogen) atoms. The van der Waals surface area contributed by atoms with Crippen molar-refractivity contribution in [3.8, 4) is 11.4 Å². The molecule has 1 heterocycles. The Morgan fingerprint density at radius 1 is 1.19 bits per heavy atom. The molecule has 0 aliphatic carbocycles. The second-order valence-corrected chi connectivity index (χ2v) is 9.99. The first-order valence-electron chi connectivity index (χ1n) is 6.70. The average molecular weight is 418 g/mol. The van der Waals surface area contributed by atoms with Crippen LogP contribution >= 0.6 is 22.6 Å². The van der Waals surface area contributed by atoms with E-state index >= 15 is 0 Å². The summed E-state index contributed by atoms with van der Waals surface area (Å²) in [5, 5.41) is 0. The third kappa shape index (κ3) is 3.85. The Morgan fingerprint density at radius 2 is 1.81 bits per heavy atom. The molecule has 0 fully saturated rings. The van der Waals surface area contributed by atoms with E-state index in [1.165, 1.54) is 0 Å². The number of hydrogen-bond donors (Lipinski definition) is 0. The largest absolute Gasteiger partial charge is 0.330 e. The monoisotopic (exact) mass is 418 g/mol. The van der Waals surface area contributed by atoms with E-state index in [-0.39, 0.29) is 5.75 Å². The average Bonchev–Trinajstić information content (AvgIpc) is 2.84. The fourth-order valence-corrected chi connectivity index (χ4v) is 3.28. The molecule has 0 spiro atoms. The molecular formula is C15H19IN2O2S. The Kier molecular flexibility index (Phi) is 4.77. The van der Waals surface area contributed by atoms with Gasteiger partial charge in [-0.2, -0.15) is 0 Å². The highest BCUT2D eigenvalue weighted by atomic mass is 127. The number of halogens is 1. The lowest BCUT2D eigenvalue weighted by Crippen LogP contribution is -2.32. The van der Waals surface area contributed by atoms with E-state index in [0.29, 0.717) is 6.54 Å². The summed E-state index contributed by atoms with van der Waals surface area (Å²) >= 11 is 2.25. The van der Waals surface area contributed by atoms with Gasteiger partial charge >= 0.3 is 0 Å². The van der Waals surface area contributed by atoms with Crippen LogP contribution in [0.5, 0.6) is 0 Å². The van der Waals surface area contributed by atoms with Crippen molar-refractivity contribution < 1.29 is 8.42 Å². The predicted molar refractivity (Wildman–Crippen MR) is 93.9 cm³/mol. The van der Waals surface area contributed by atoms with Crippen LogP contribution in [0.2, 0.25) is 0 Å². The molecule has 114 valence electrons. The number of aryl methyl sites for hydroxylation is 1. The van der Waals surface area contributed by atoms with Gasteiger partial charge in [-0.25, -0.2) is 13.4 Å². The van der Waals surface area contributed by atoms with Crippen molar-refractivity contribution in [2.75, 3.05) is 5.75 Å². The molecule has 0 unspecified atom stereocenters. The summed E-state index contributed by atoms with van der Waals surface area (Å²) in [5.74, 6) is 0.917. The van der Waals surface area contributed by atoms with Crippen LogP contribution in [-0.2, 0) is 16.4 Å². The van der Waals surface area contributed by atoms with Gasteiger partial charge in [-0.3, -0.25) is 0 Å². The molecule has 0 radical (unpaired) electrons. The van der Waals surface area contributed by atoms with Crippen molar-refractivity contribution in [2.45, 2.75) is 32.1 Å². The standard InChI is InChI=1S/C15H19IN2O2S/c1-15(2,3)21(19,20)11-10-18-9-8-17-14(18)12-4-6-13(16)7-5-12/h4-9H,10-11H2,1-3H3. The van der Waals surface area contributed by atoms with Gasteiger partial charge < -0.3 is 4.57 Å². The molecular weight excluding hydrogens is 399 g/mol. The molecule has 0 saturated carbocycles. The summed E-state index contributed by atoms with van der Waals surface area (Å²) in [5.41, 5.74) is 0.994. The number of nitrogens with zero attached hydrogens (tertiary/aromatic N) is 2. The van der Waals surface area contributed by atoms with Crippen molar-refractivity contribution >= 4 is 32.4 Å². The van der Waals surface area contributed by atoms with Crippen molar-refractivity contribution in [3.63, 3.8) is 0 Å². The van der Waals surface area contributed by atoms with Crippen LogP contribution in [0.3, 0.4) is 0 Å². The van der Waals surface area contributed by atoms with Crippen molar-refractivity contribution in [1.29, 1.82) is 0 Å². The van der Waals surface area contributed by atoms with Crippen molar-refractivity contribution in [3.05, 3.63) is 40.2 Å². The van der Waals surface area contributed by atoms with E-state index in [1.54, 1.807) is 27.0 Å². The first-order valence-corrected chi connectivity index (χ1v) is 9.43. The quantitative estimate of drug-likeness (QED) is 0.716. The fourth-order valence-electron chi connectivity index (χ4n) is 1.87. The van der Waals surface area contributed by atoms with Crippen LogP contribution in [-0.4, -0.2) is 28.5 Å². The van der Waals surface area contributed by atoms with E-state index in [9.17, 15) is 8.42 Å². The molecule has 0 bridgehead atoms. The van der Waals surface area contributed by atoms with E-state index in [2.05, 4.69) is 27.6 Å². The number of imidazole rings is 1. The smallest absolute Gasteiger partial charge is 0.156 e. The summed E-state index contributed by atoms with van der Waals surface area (Å²) in [6.07, 6.45) is 3.53. The highest BCUT2D eigenvalue weighted by Crippen LogP contribution is 2.20. The molecule has 6 heteroatoms. The first-order chi connectivity index (χ1) is 9.71. The Bertz CT molecular complexity index is 713. The van der Waals surface area contributed by atoms with Crippen molar-refractivity contribution in [2.24, 2.45) is 0 Å². The summed E-state index contributed by atoms with van der Waals surface area (Å²) in [6, 6.07) is 8.03. The molecule has 1 aromatic carbocycles. The highest BCUT2D eigenvalue weighted by Gasteiger charge is 2.28. The molecule has 2 rings (SSSR count). The molecule has 0 saturated heterocycles. The molecule has 0 amide bonds. The zero-order valence-corrected chi connectivity index (χ0v) is 15.3. The van der Waals surface area contributed by atoms with Gasteiger partial charge in [0.05, 0.1) is 10.5 Å². The van der Waals surface area contributed by atoms with Gasteiger partial charge in [0.15, 0.2) is 9.84 Å². The van der Waals surface area contributed by atoms with Crippen LogP contribution in [0, 0.1) is 3.57 Å². The molecule has 1 aromatic heterocycles. The number of aromatic nitrogens is 2. The zero-order chi connectivity index (χ0) is 15.7. The maximum atomic E-state index is 12.2. The highest BCUT2D eigenvalue weighted by molar-refractivity contribution is 14.1. The van der Waals surface area contributed by atoms with Crippen molar-refractivity contribution in [1.82, 2.24) is 9.55 Å². The minimum Gasteiger partial charge on any atom is -0.330 e. The molecule has 4 nitrogen and oxygen atoms in total. The SMILES string of the molecule is CC(C)(C)S(=O)(=O)CCn1ccnc1-c1ccc(I)cc1. The summed E-state index contributed by atoms with van der Waals surface area (Å²) < 4.78 is 26.7. The van der Waals surface area contributed by atoms with Crippen LogP contribution in [0.4, 0.5) is 0 Å². The summed E-state index contributed by atoms with van der Waals surface area (Å²) in [6.45, 7) is 5.61. The topological polar surface area (TPSA) is 52.0 Å². The van der Waals surface area contributed by atoms with Gasteiger partial charge in [-0.1, -0.05) is 12.1 Å². The summed E-state index contributed by atoms with van der Waals surface area (Å²) in [7, 11) is -3.13. The number of benzene rings is 1.